The summed E-state index contributed by atoms with van der Waals surface area (Å²) in [6.45, 7) is 0.696. The van der Waals surface area contributed by atoms with Gasteiger partial charge in [-0.1, -0.05) is 6.07 Å². The molecule has 25 heavy (non-hydrogen) atoms. The van der Waals surface area contributed by atoms with Crippen LogP contribution in [0.5, 0.6) is 5.75 Å². The summed E-state index contributed by atoms with van der Waals surface area (Å²) in [7, 11) is 0. The lowest BCUT2D eigenvalue weighted by Crippen LogP contribution is -2.33. The van der Waals surface area contributed by atoms with Crippen LogP contribution < -0.4 is 9.64 Å². The smallest absolute Gasteiger partial charge is 0.264 e. The standard InChI is InChI=1S/C20H17N3O2/c24-20(14-25-18-2-1-8-22-13-18)23-11-7-17-12-16(3-4-19(17)23)15-5-9-21-10-6-15/h1-6,8-10,12-13H,7,11,14H2. The van der Waals surface area contributed by atoms with Gasteiger partial charge >= 0.3 is 0 Å². The van der Waals surface area contributed by atoms with Gasteiger partial charge in [-0.3, -0.25) is 14.8 Å². The number of ether oxygens (including phenoxy) is 1. The van der Waals surface area contributed by atoms with Crippen molar-refractivity contribution in [2.24, 2.45) is 0 Å². The zero-order valence-corrected chi connectivity index (χ0v) is 13.6. The monoisotopic (exact) mass is 331 g/mol. The zero-order chi connectivity index (χ0) is 17.1. The fourth-order valence-corrected chi connectivity index (χ4v) is 3.04. The summed E-state index contributed by atoms with van der Waals surface area (Å²) in [6, 6.07) is 13.8. The SMILES string of the molecule is O=C(COc1cccnc1)N1CCc2cc(-c3ccncc3)ccc21. The van der Waals surface area contributed by atoms with E-state index in [1.165, 1.54) is 5.56 Å². The Morgan fingerprint density at radius 3 is 2.72 bits per heavy atom. The van der Waals surface area contributed by atoms with Gasteiger partial charge in [-0.2, -0.15) is 0 Å². The lowest BCUT2D eigenvalue weighted by Gasteiger charge is -2.18. The molecule has 0 fully saturated rings. The number of fused-ring (bicyclic) bond motifs is 1. The number of benzene rings is 1. The van der Waals surface area contributed by atoms with E-state index in [2.05, 4.69) is 16.0 Å². The predicted molar refractivity (Wildman–Crippen MR) is 95.5 cm³/mol. The van der Waals surface area contributed by atoms with Gasteiger partial charge in [-0.25, -0.2) is 0 Å². The zero-order valence-electron chi connectivity index (χ0n) is 13.6. The minimum atomic E-state index is -0.0423. The first kappa shape index (κ1) is 15.3. The van der Waals surface area contributed by atoms with E-state index in [4.69, 9.17) is 4.74 Å². The molecule has 1 aromatic carbocycles. The van der Waals surface area contributed by atoms with E-state index < -0.39 is 0 Å². The second-order valence-electron chi connectivity index (χ2n) is 5.85. The number of hydrogen-bond donors (Lipinski definition) is 0. The Kier molecular flexibility index (Phi) is 4.12. The third-order valence-corrected chi connectivity index (χ3v) is 4.29. The minimum absolute atomic E-state index is 0.0112. The predicted octanol–water partition coefficient (Wildman–Crippen LogP) is 3.11. The topological polar surface area (TPSA) is 55.3 Å². The van der Waals surface area contributed by atoms with Crippen molar-refractivity contribution in [3.8, 4) is 16.9 Å². The molecule has 1 aliphatic rings. The average Bonchev–Trinajstić information content (AvgIpc) is 3.11. The first-order valence-electron chi connectivity index (χ1n) is 8.18. The number of amides is 1. The van der Waals surface area contributed by atoms with Crippen LogP contribution in [0.2, 0.25) is 0 Å². The Balaban J connectivity index is 1.49. The fourth-order valence-electron chi connectivity index (χ4n) is 3.04. The van der Waals surface area contributed by atoms with Gasteiger partial charge in [-0.15, -0.1) is 0 Å². The van der Waals surface area contributed by atoms with Crippen molar-refractivity contribution >= 4 is 11.6 Å². The highest BCUT2D eigenvalue weighted by atomic mass is 16.5. The summed E-state index contributed by atoms with van der Waals surface area (Å²) < 4.78 is 5.53. The summed E-state index contributed by atoms with van der Waals surface area (Å²) in [5, 5.41) is 0. The molecule has 0 unspecified atom stereocenters. The van der Waals surface area contributed by atoms with Crippen molar-refractivity contribution in [2.75, 3.05) is 18.1 Å². The van der Waals surface area contributed by atoms with Crippen molar-refractivity contribution in [3.63, 3.8) is 0 Å². The molecule has 0 saturated carbocycles. The fraction of sp³-hybridized carbons (Fsp3) is 0.150. The molecule has 1 amide bonds. The lowest BCUT2D eigenvalue weighted by molar-refractivity contribution is -0.120. The highest BCUT2D eigenvalue weighted by Crippen LogP contribution is 2.32. The molecule has 1 aliphatic heterocycles. The van der Waals surface area contributed by atoms with Gasteiger partial charge in [0.2, 0.25) is 0 Å². The maximum atomic E-state index is 12.5. The molecular formula is C20H17N3O2. The van der Waals surface area contributed by atoms with Gasteiger partial charge in [0.15, 0.2) is 6.61 Å². The van der Waals surface area contributed by atoms with E-state index in [1.54, 1.807) is 41.8 Å². The normalized spacial score (nSPS) is 12.7. The molecule has 0 N–H and O–H groups in total. The largest absolute Gasteiger partial charge is 0.482 e. The number of anilines is 1. The van der Waals surface area contributed by atoms with Crippen molar-refractivity contribution in [2.45, 2.75) is 6.42 Å². The van der Waals surface area contributed by atoms with E-state index in [1.807, 2.05) is 24.3 Å². The van der Waals surface area contributed by atoms with E-state index in [0.717, 1.165) is 23.2 Å². The van der Waals surface area contributed by atoms with Gasteiger partial charge in [0.05, 0.1) is 6.20 Å². The second-order valence-corrected chi connectivity index (χ2v) is 5.85. The van der Waals surface area contributed by atoms with E-state index >= 15 is 0 Å². The molecule has 5 nitrogen and oxygen atoms in total. The van der Waals surface area contributed by atoms with E-state index in [0.29, 0.717) is 12.3 Å². The Hall–Kier alpha value is -3.21. The van der Waals surface area contributed by atoms with Gasteiger partial charge in [0, 0.05) is 30.8 Å². The van der Waals surface area contributed by atoms with Crippen molar-refractivity contribution < 1.29 is 9.53 Å². The van der Waals surface area contributed by atoms with Crippen LogP contribution in [-0.4, -0.2) is 29.0 Å². The summed E-state index contributed by atoms with van der Waals surface area (Å²) in [4.78, 5) is 22.3. The van der Waals surface area contributed by atoms with Gasteiger partial charge in [0.25, 0.3) is 5.91 Å². The van der Waals surface area contributed by atoms with Crippen LogP contribution in [0.1, 0.15) is 5.56 Å². The van der Waals surface area contributed by atoms with Crippen molar-refractivity contribution in [1.29, 1.82) is 0 Å². The Morgan fingerprint density at radius 2 is 1.92 bits per heavy atom. The van der Waals surface area contributed by atoms with Crippen molar-refractivity contribution in [1.82, 2.24) is 9.97 Å². The third-order valence-electron chi connectivity index (χ3n) is 4.29. The van der Waals surface area contributed by atoms with E-state index in [-0.39, 0.29) is 12.5 Å². The van der Waals surface area contributed by atoms with Crippen LogP contribution in [0.4, 0.5) is 5.69 Å². The van der Waals surface area contributed by atoms with E-state index in [9.17, 15) is 4.79 Å². The number of pyridine rings is 2. The van der Waals surface area contributed by atoms with Crippen molar-refractivity contribution in [3.05, 3.63) is 72.8 Å². The molecular weight excluding hydrogens is 314 g/mol. The molecule has 2 aromatic heterocycles. The highest BCUT2D eigenvalue weighted by molar-refractivity contribution is 5.96. The minimum Gasteiger partial charge on any atom is -0.482 e. The number of rotatable bonds is 4. The van der Waals surface area contributed by atoms with Gasteiger partial charge in [0.1, 0.15) is 5.75 Å². The number of nitrogens with zero attached hydrogens (tertiary/aromatic N) is 3. The van der Waals surface area contributed by atoms with Crippen LogP contribution in [0, 0.1) is 0 Å². The van der Waals surface area contributed by atoms with Crippen LogP contribution in [-0.2, 0) is 11.2 Å². The number of carbonyl (C=O) groups is 1. The van der Waals surface area contributed by atoms with Crippen LogP contribution in [0.3, 0.4) is 0 Å². The highest BCUT2D eigenvalue weighted by Gasteiger charge is 2.25. The van der Waals surface area contributed by atoms with Gasteiger partial charge in [-0.05, 0) is 59.5 Å². The Morgan fingerprint density at radius 1 is 1.04 bits per heavy atom. The van der Waals surface area contributed by atoms with Crippen LogP contribution >= 0.6 is 0 Å². The molecule has 124 valence electrons. The number of carbonyl (C=O) groups excluding carboxylic acids is 1. The molecule has 0 atom stereocenters. The lowest BCUT2D eigenvalue weighted by atomic mass is 10.0. The second kappa shape index (κ2) is 6.73. The van der Waals surface area contributed by atoms with Gasteiger partial charge < -0.3 is 9.64 Å². The first-order chi connectivity index (χ1) is 12.3. The summed E-state index contributed by atoms with van der Waals surface area (Å²) in [6.07, 6.45) is 7.70. The average molecular weight is 331 g/mol. The molecule has 3 heterocycles. The number of hydrogen-bond acceptors (Lipinski definition) is 4. The summed E-state index contributed by atoms with van der Waals surface area (Å²) in [5.41, 5.74) is 4.42. The Bertz CT molecular complexity index is 882. The first-order valence-corrected chi connectivity index (χ1v) is 8.18. The number of aromatic nitrogens is 2. The molecule has 0 aliphatic carbocycles. The molecule has 4 rings (SSSR count). The van der Waals surface area contributed by atoms with Crippen LogP contribution in [0.15, 0.2) is 67.3 Å². The maximum absolute atomic E-state index is 12.5. The molecule has 0 saturated heterocycles. The Labute approximate surface area is 145 Å². The molecule has 3 aromatic rings. The summed E-state index contributed by atoms with van der Waals surface area (Å²) >= 11 is 0. The molecule has 0 spiro atoms. The quantitative estimate of drug-likeness (QED) is 0.737. The summed E-state index contributed by atoms with van der Waals surface area (Å²) in [5.74, 6) is 0.558. The molecule has 0 bridgehead atoms. The third kappa shape index (κ3) is 3.21. The molecule has 5 heteroatoms. The molecule has 0 radical (unpaired) electrons. The van der Waals surface area contributed by atoms with Crippen LogP contribution in [0.25, 0.3) is 11.1 Å². The maximum Gasteiger partial charge on any atom is 0.264 e.